The molecular formula is C13H11BO. The Balaban J connectivity index is 2.66. The van der Waals surface area contributed by atoms with E-state index in [1.807, 2.05) is 43.3 Å². The second-order valence-electron chi connectivity index (χ2n) is 3.66. The summed E-state index contributed by atoms with van der Waals surface area (Å²) >= 11 is 0. The van der Waals surface area contributed by atoms with Crippen molar-refractivity contribution in [1.29, 1.82) is 0 Å². The van der Waals surface area contributed by atoms with Gasteiger partial charge in [0, 0.05) is 6.42 Å². The highest BCUT2D eigenvalue weighted by atomic mass is 16.1. The number of hydrogen-bond donors (Lipinski definition) is 0. The van der Waals surface area contributed by atoms with Gasteiger partial charge in [-0.25, -0.2) is 0 Å². The molecule has 0 atom stereocenters. The molecule has 1 nitrogen and oxygen atoms in total. The van der Waals surface area contributed by atoms with Gasteiger partial charge >= 0.3 is 0 Å². The molecule has 1 aromatic carbocycles. The van der Waals surface area contributed by atoms with Crippen LogP contribution in [-0.2, 0) is 4.79 Å². The van der Waals surface area contributed by atoms with E-state index >= 15 is 0 Å². The van der Waals surface area contributed by atoms with Gasteiger partial charge in [0.25, 0.3) is 0 Å². The highest BCUT2D eigenvalue weighted by Crippen LogP contribution is 2.25. The van der Waals surface area contributed by atoms with E-state index in [1.165, 1.54) is 0 Å². The fourth-order valence-electron chi connectivity index (χ4n) is 1.74. The van der Waals surface area contributed by atoms with Crippen LogP contribution >= 0.6 is 0 Å². The zero-order valence-corrected chi connectivity index (χ0v) is 8.66. The van der Waals surface area contributed by atoms with Crippen LogP contribution in [0.5, 0.6) is 0 Å². The van der Waals surface area contributed by atoms with E-state index in [9.17, 15) is 4.79 Å². The minimum Gasteiger partial charge on any atom is -0.295 e. The monoisotopic (exact) mass is 194 g/mol. The molecule has 2 radical (unpaired) electrons. The van der Waals surface area contributed by atoms with E-state index in [-0.39, 0.29) is 5.78 Å². The molecule has 0 aliphatic heterocycles. The van der Waals surface area contributed by atoms with E-state index in [0.29, 0.717) is 11.9 Å². The standard InChI is InChI=1S/C13H11BO/c1-9-11-7-3-2-5-10(11)6-4-8-12(15)13(9)14/h2-7H,8H2,1H3/b6-4+,13-9+. The third kappa shape index (κ3) is 1.80. The van der Waals surface area contributed by atoms with Crippen LogP contribution in [0, 0.1) is 0 Å². The number of ketones is 1. The summed E-state index contributed by atoms with van der Waals surface area (Å²) in [7, 11) is 5.80. The van der Waals surface area contributed by atoms with Crippen molar-refractivity contribution in [1.82, 2.24) is 0 Å². The van der Waals surface area contributed by atoms with Gasteiger partial charge in [0.15, 0.2) is 5.78 Å². The molecule has 0 bridgehead atoms. The number of hydrogen-bond acceptors (Lipinski definition) is 1. The number of benzene rings is 1. The van der Waals surface area contributed by atoms with Gasteiger partial charge in [-0.05, 0) is 23.6 Å². The minimum atomic E-state index is -0.00162. The third-order valence-electron chi connectivity index (χ3n) is 2.67. The Morgan fingerprint density at radius 3 is 2.80 bits per heavy atom. The van der Waals surface area contributed by atoms with Gasteiger partial charge in [-0.2, -0.15) is 0 Å². The van der Waals surface area contributed by atoms with E-state index in [1.54, 1.807) is 0 Å². The average Bonchev–Trinajstić information content (AvgIpc) is 2.26. The SMILES string of the molecule is [B]/C1=C(\C)c2ccccc2/C=C/CC1=O. The minimum absolute atomic E-state index is 0.00162. The molecule has 0 heterocycles. The predicted octanol–water partition coefficient (Wildman–Crippen LogP) is 2.57. The Morgan fingerprint density at radius 1 is 1.27 bits per heavy atom. The van der Waals surface area contributed by atoms with Crippen molar-refractivity contribution < 1.29 is 4.79 Å². The quantitative estimate of drug-likeness (QED) is 0.580. The molecule has 0 saturated carbocycles. The zero-order chi connectivity index (χ0) is 10.8. The molecule has 0 fully saturated rings. The molecule has 0 spiro atoms. The van der Waals surface area contributed by atoms with Crippen molar-refractivity contribution in [3.05, 3.63) is 46.9 Å². The number of rotatable bonds is 0. The Labute approximate surface area is 90.9 Å². The van der Waals surface area contributed by atoms with Gasteiger partial charge < -0.3 is 0 Å². The van der Waals surface area contributed by atoms with Crippen LogP contribution in [0.2, 0.25) is 0 Å². The molecule has 72 valence electrons. The van der Waals surface area contributed by atoms with Crippen molar-refractivity contribution in [3.8, 4) is 0 Å². The van der Waals surface area contributed by atoms with E-state index in [2.05, 4.69) is 0 Å². The summed E-state index contributed by atoms with van der Waals surface area (Å²) in [6, 6.07) is 7.95. The molecule has 1 aliphatic carbocycles. The molecule has 15 heavy (non-hydrogen) atoms. The largest absolute Gasteiger partial charge is 0.295 e. The molecular weight excluding hydrogens is 183 g/mol. The lowest BCUT2D eigenvalue weighted by atomic mass is 9.81. The first-order valence-electron chi connectivity index (χ1n) is 4.95. The molecule has 2 rings (SSSR count). The van der Waals surface area contributed by atoms with Crippen LogP contribution < -0.4 is 0 Å². The average molecular weight is 194 g/mol. The van der Waals surface area contributed by atoms with Crippen LogP contribution in [0.3, 0.4) is 0 Å². The van der Waals surface area contributed by atoms with Crippen molar-refractivity contribution in [2.45, 2.75) is 13.3 Å². The van der Waals surface area contributed by atoms with Crippen molar-refractivity contribution in [2.75, 3.05) is 0 Å². The third-order valence-corrected chi connectivity index (χ3v) is 2.67. The summed E-state index contributed by atoms with van der Waals surface area (Å²) in [5.41, 5.74) is 3.41. The summed E-state index contributed by atoms with van der Waals surface area (Å²) < 4.78 is 0. The first kappa shape index (κ1) is 9.97. The lowest BCUT2D eigenvalue weighted by Gasteiger charge is -2.12. The first-order valence-corrected chi connectivity index (χ1v) is 4.95. The lowest BCUT2D eigenvalue weighted by Crippen LogP contribution is -2.05. The van der Waals surface area contributed by atoms with Gasteiger partial charge in [-0.15, -0.1) is 0 Å². The number of carbonyl (C=O) groups is 1. The molecule has 0 N–H and O–H groups in total. The van der Waals surface area contributed by atoms with Crippen molar-refractivity contribution in [2.24, 2.45) is 0 Å². The van der Waals surface area contributed by atoms with Crippen LogP contribution in [-0.4, -0.2) is 13.6 Å². The zero-order valence-electron chi connectivity index (χ0n) is 8.66. The Morgan fingerprint density at radius 2 is 2.00 bits per heavy atom. The molecule has 0 amide bonds. The predicted molar refractivity (Wildman–Crippen MR) is 63.4 cm³/mol. The van der Waals surface area contributed by atoms with E-state index in [0.717, 1.165) is 16.7 Å². The van der Waals surface area contributed by atoms with Gasteiger partial charge in [-0.3, -0.25) is 4.79 Å². The molecule has 0 saturated heterocycles. The fourth-order valence-corrected chi connectivity index (χ4v) is 1.74. The maximum absolute atomic E-state index is 11.6. The number of Topliss-reactive ketones (excluding diaryl/α,β-unsaturated/α-hetero) is 1. The summed E-state index contributed by atoms with van der Waals surface area (Å²) in [6.07, 6.45) is 4.22. The van der Waals surface area contributed by atoms with Crippen LogP contribution in [0.25, 0.3) is 11.6 Å². The molecule has 2 heteroatoms. The first-order chi connectivity index (χ1) is 7.20. The van der Waals surface area contributed by atoms with Crippen LogP contribution in [0.4, 0.5) is 0 Å². The maximum atomic E-state index is 11.6. The molecule has 0 aromatic heterocycles. The smallest absolute Gasteiger partial charge is 0.152 e. The number of carbonyl (C=O) groups excluding carboxylic acids is 1. The Hall–Kier alpha value is -1.57. The molecule has 1 aromatic rings. The van der Waals surface area contributed by atoms with Crippen LogP contribution in [0.15, 0.2) is 35.8 Å². The topological polar surface area (TPSA) is 17.1 Å². The van der Waals surface area contributed by atoms with Gasteiger partial charge in [0.1, 0.15) is 7.85 Å². The number of allylic oxidation sites excluding steroid dienone is 3. The number of fused-ring (bicyclic) bond motifs is 1. The summed E-state index contributed by atoms with van der Waals surface area (Å²) in [4.78, 5) is 11.6. The van der Waals surface area contributed by atoms with Crippen molar-refractivity contribution in [3.63, 3.8) is 0 Å². The van der Waals surface area contributed by atoms with E-state index in [4.69, 9.17) is 7.85 Å². The summed E-state index contributed by atoms with van der Waals surface area (Å²) in [5, 5.41) is 0. The highest BCUT2D eigenvalue weighted by molar-refractivity contribution is 6.40. The molecule has 1 aliphatic rings. The Bertz CT molecular complexity index is 469. The highest BCUT2D eigenvalue weighted by Gasteiger charge is 2.11. The van der Waals surface area contributed by atoms with Gasteiger partial charge in [-0.1, -0.05) is 41.9 Å². The normalized spacial score (nSPS) is 22.9. The second-order valence-corrected chi connectivity index (χ2v) is 3.66. The van der Waals surface area contributed by atoms with Crippen molar-refractivity contribution >= 4 is 25.3 Å². The molecule has 0 unspecified atom stereocenters. The maximum Gasteiger partial charge on any atom is 0.152 e. The van der Waals surface area contributed by atoms with Gasteiger partial charge in [0.05, 0.1) is 0 Å². The fraction of sp³-hybridized carbons (Fsp3) is 0.154. The Kier molecular flexibility index (Phi) is 2.59. The second kappa shape index (κ2) is 3.89. The van der Waals surface area contributed by atoms with E-state index < -0.39 is 0 Å². The van der Waals surface area contributed by atoms with Crippen LogP contribution in [0.1, 0.15) is 24.5 Å². The summed E-state index contributed by atoms with van der Waals surface area (Å²) in [5.74, 6) is -0.00162. The summed E-state index contributed by atoms with van der Waals surface area (Å²) in [6.45, 7) is 1.89. The van der Waals surface area contributed by atoms with Gasteiger partial charge in [0.2, 0.25) is 0 Å². The lowest BCUT2D eigenvalue weighted by molar-refractivity contribution is -0.114.